The van der Waals surface area contributed by atoms with Crippen LogP contribution in [0.3, 0.4) is 0 Å². The summed E-state index contributed by atoms with van der Waals surface area (Å²) in [5, 5.41) is 20.3. The Balaban J connectivity index is 1.98. The van der Waals surface area contributed by atoms with Crippen molar-refractivity contribution in [3.63, 3.8) is 0 Å². The van der Waals surface area contributed by atoms with E-state index < -0.39 is 5.54 Å². The molecule has 2 aliphatic rings. The van der Waals surface area contributed by atoms with Crippen LogP contribution >= 0.6 is 0 Å². The Labute approximate surface area is 124 Å². The van der Waals surface area contributed by atoms with Crippen molar-refractivity contribution in [1.29, 1.82) is 5.41 Å². The number of nitrogens with zero attached hydrogens (tertiary/aromatic N) is 1. The molecule has 3 rings (SSSR count). The van der Waals surface area contributed by atoms with Crippen LogP contribution in [0.5, 0.6) is 0 Å². The zero-order valence-corrected chi connectivity index (χ0v) is 12.0. The molecule has 5 nitrogen and oxygen atoms in total. The number of amides is 1. The number of aliphatic hydroxyl groups is 1. The predicted molar refractivity (Wildman–Crippen MR) is 79.7 cm³/mol. The third kappa shape index (κ3) is 2.12. The minimum Gasteiger partial charge on any atom is -0.396 e. The molecule has 21 heavy (non-hydrogen) atoms. The summed E-state index contributed by atoms with van der Waals surface area (Å²) in [5.74, 6) is 0.355. The molecule has 0 radical (unpaired) electrons. The zero-order valence-electron chi connectivity index (χ0n) is 12.0. The smallest absolute Gasteiger partial charge is 0.259 e. The van der Waals surface area contributed by atoms with Gasteiger partial charge in [-0.05, 0) is 30.7 Å². The quantitative estimate of drug-likeness (QED) is 0.767. The van der Waals surface area contributed by atoms with Gasteiger partial charge in [-0.1, -0.05) is 36.8 Å². The number of aliphatic hydroxyl groups excluding tert-OH is 1. The number of rotatable bonds is 5. The van der Waals surface area contributed by atoms with E-state index in [-0.39, 0.29) is 24.4 Å². The summed E-state index contributed by atoms with van der Waals surface area (Å²) in [6.07, 6.45) is 3.65. The Kier molecular flexibility index (Phi) is 3.68. The highest BCUT2D eigenvalue weighted by Crippen LogP contribution is 2.45. The normalized spacial score (nSPS) is 25.9. The van der Waals surface area contributed by atoms with E-state index in [0.717, 1.165) is 24.8 Å². The highest BCUT2D eigenvalue weighted by atomic mass is 16.3. The van der Waals surface area contributed by atoms with Gasteiger partial charge in [-0.15, -0.1) is 0 Å². The lowest BCUT2D eigenvalue weighted by Gasteiger charge is -2.41. The lowest BCUT2D eigenvalue weighted by molar-refractivity contribution is -0.135. The van der Waals surface area contributed by atoms with Crippen LogP contribution in [-0.2, 0) is 10.3 Å². The van der Waals surface area contributed by atoms with Gasteiger partial charge in [0.05, 0.1) is 0 Å². The van der Waals surface area contributed by atoms with Gasteiger partial charge in [-0.25, -0.2) is 0 Å². The van der Waals surface area contributed by atoms with Crippen molar-refractivity contribution >= 4 is 11.9 Å². The second-order valence-corrected chi connectivity index (χ2v) is 5.81. The van der Waals surface area contributed by atoms with Gasteiger partial charge in [0.1, 0.15) is 5.54 Å². The summed E-state index contributed by atoms with van der Waals surface area (Å²) in [6, 6.07) is 9.74. The lowest BCUT2D eigenvalue weighted by atomic mass is 9.67. The Bertz CT molecular complexity index is 542. The minimum atomic E-state index is -0.786. The molecule has 1 unspecified atom stereocenters. The number of guanidine groups is 1. The first kappa shape index (κ1) is 14.1. The van der Waals surface area contributed by atoms with Gasteiger partial charge in [0.25, 0.3) is 5.91 Å². The van der Waals surface area contributed by atoms with E-state index in [2.05, 4.69) is 5.32 Å². The Hall–Kier alpha value is -1.88. The van der Waals surface area contributed by atoms with E-state index in [1.807, 2.05) is 30.3 Å². The van der Waals surface area contributed by atoms with Gasteiger partial charge in [-0.2, -0.15) is 0 Å². The predicted octanol–water partition coefficient (Wildman–Crippen LogP) is 1.43. The van der Waals surface area contributed by atoms with E-state index in [1.54, 1.807) is 0 Å². The molecule has 1 atom stereocenters. The SMILES string of the molecule is N=C1NC(c2ccccc2)(C2CCC2)C(=O)N1CCCO. The molecule has 0 spiro atoms. The number of hydrogen-bond acceptors (Lipinski definition) is 3. The standard InChI is InChI=1S/C16H21N3O2/c17-15-18-16(13-8-4-9-13,12-6-2-1-3-7-12)14(21)19(15)10-5-11-20/h1-3,6-7,13,20H,4-5,8-11H2,(H2,17,18). The fourth-order valence-corrected chi connectivity index (χ4v) is 3.31. The van der Waals surface area contributed by atoms with E-state index >= 15 is 0 Å². The van der Waals surface area contributed by atoms with Crippen LogP contribution in [0.2, 0.25) is 0 Å². The summed E-state index contributed by atoms with van der Waals surface area (Å²) in [5.41, 5.74) is 0.155. The topological polar surface area (TPSA) is 76.4 Å². The summed E-state index contributed by atoms with van der Waals surface area (Å²) in [7, 11) is 0. The largest absolute Gasteiger partial charge is 0.396 e. The van der Waals surface area contributed by atoms with Crippen LogP contribution in [0.4, 0.5) is 0 Å². The molecule has 1 saturated heterocycles. The van der Waals surface area contributed by atoms with Gasteiger partial charge in [0.2, 0.25) is 0 Å². The monoisotopic (exact) mass is 287 g/mol. The highest BCUT2D eigenvalue weighted by molar-refractivity contribution is 6.08. The Morgan fingerprint density at radius 1 is 1.33 bits per heavy atom. The first-order valence-corrected chi connectivity index (χ1v) is 7.55. The van der Waals surface area contributed by atoms with Gasteiger partial charge in [0, 0.05) is 13.2 Å². The third-order valence-electron chi connectivity index (χ3n) is 4.65. The molecule has 1 aliphatic carbocycles. The molecule has 0 bridgehead atoms. The maximum absolute atomic E-state index is 13.0. The van der Waals surface area contributed by atoms with Gasteiger partial charge < -0.3 is 10.4 Å². The van der Waals surface area contributed by atoms with Crippen molar-refractivity contribution in [2.45, 2.75) is 31.2 Å². The maximum atomic E-state index is 13.0. The number of nitrogens with one attached hydrogen (secondary N) is 2. The van der Waals surface area contributed by atoms with E-state index in [9.17, 15) is 4.79 Å². The molecule has 1 aromatic rings. The van der Waals surface area contributed by atoms with Crippen molar-refractivity contribution in [3.8, 4) is 0 Å². The molecule has 5 heteroatoms. The molecule has 1 heterocycles. The van der Waals surface area contributed by atoms with Crippen molar-refractivity contribution in [2.24, 2.45) is 5.92 Å². The number of carbonyl (C=O) groups is 1. The van der Waals surface area contributed by atoms with Crippen molar-refractivity contribution in [3.05, 3.63) is 35.9 Å². The minimum absolute atomic E-state index is 0.0266. The molecule has 112 valence electrons. The van der Waals surface area contributed by atoms with Crippen molar-refractivity contribution in [2.75, 3.05) is 13.2 Å². The Morgan fingerprint density at radius 2 is 2.05 bits per heavy atom. The Morgan fingerprint density at radius 3 is 2.62 bits per heavy atom. The molecular formula is C16H21N3O2. The summed E-state index contributed by atoms with van der Waals surface area (Å²) in [4.78, 5) is 14.5. The van der Waals surface area contributed by atoms with Crippen molar-refractivity contribution in [1.82, 2.24) is 10.2 Å². The first-order valence-electron chi connectivity index (χ1n) is 7.55. The van der Waals surface area contributed by atoms with Gasteiger partial charge in [-0.3, -0.25) is 15.1 Å². The summed E-state index contributed by atoms with van der Waals surface area (Å²) < 4.78 is 0. The lowest BCUT2D eigenvalue weighted by Crippen LogP contribution is -2.52. The fraction of sp³-hybridized carbons (Fsp3) is 0.500. The van der Waals surface area contributed by atoms with Crippen LogP contribution in [0.25, 0.3) is 0 Å². The molecule has 1 aromatic carbocycles. The van der Waals surface area contributed by atoms with Crippen LogP contribution in [0.1, 0.15) is 31.2 Å². The van der Waals surface area contributed by atoms with Crippen LogP contribution in [-0.4, -0.2) is 35.0 Å². The molecule has 0 aromatic heterocycles. The van der Waals surface area contributed by atoms with Crippen LogP contribution < -0.4 is 5.32 Å². The zero-order chi connectivity index (χ0) is 14.9. The van der Waals surface area contributed by atoms with Crippen LogP contribution in [0.15, 0.2) is 30.3 Å². The third-order valence-corrected chi connectivity index (χ3v) is 4.65. The van der Waals surface area contributed by atoms with E-state index in [0.29, 0.717) is 13.0 Å². The fourth-order valence-electron chi connectivity index (χ4n) is 3.31. The first-order chi connectivity index (χ1) is 10.2. The number of hydrogen-bond donors (Lipinski definition) is 3. The van der Waals surface area contributed by atoms with Crippen molar-refractivity contribution < 1.29 is 9.90 Å². The molecular weight excluding hydrogens is 266 g/mol. The maximum Gasteiger partial charge on any atom is 0.259 e. The average Bonchev–Trinajstić information content (AvgIpc) is 2.69. The second-order valence-electron chi connectivity index (χ2n) is 5.81. The molecule has 1 aliphatic heterocycles. The number of carbonyl (C=O) groups excluding carboxylic acids is 1. The molecule has 1 amide bonds. The second kappa shape index (κ2) is 5.48. The highest BCUT2D eigenvalue weighted by Gasteiger charge is 2.56. The summed E-state index contributed by atoms with van der Waals surface area (Å²) in [6.45, 7) is 0.418. The van der Waals surface area contributed by atoms with Gasteiger partial charge in [0.15, 0.2) is 5.96 Å². The average molecular weight is 287 g/mol. The van der Waals surface area contributed by atoms with Crippen LogP contribution in [0, 0.1) is 11.3 Å². The molecule has 2 fully saturated rings. The molecule has 3 N–H and O–H groups in total. The number of benzene rings is 1. The summed E-state index contributed by atoms with van der Waals surface area (Å²) >= 11 is 0. The molecule has 1 saturated carbocycles. The van der Waals surface area contributed by atoms with Gasteiger partial charge >= 0.3 is 0 Å². The van der Waals surface area contributed by atoms with E-state index in [1.165, 1.54) is 4.90 Å². The van der Waals surface area contributed by atoms with E-state index in [4.69, 9.17) is 10.5 Å².